The Kier molecular flexibility index (Phi) is 5.92. The van der Waals surface area contributed by atoms with Gasteiger partial charge in [0.1, 0.15) is 0 Å². The number of benzene rings is 1. The minimum absolute atomic E-state index is 0.0102. The van der Waals surface area contributed by atoms with Crippen LogP contribution in [0.15, 0.2) is 29.2 Å². The van der Waals surface area contributed by atoms with Gasteiger partial charge in [0.2, 0.25) is 0 Å². The van der Waals surface area contributed by atoms with E-state index in [0.29, 0.717) is 12.5 Å². The summed E-state index contributed by atoms with van der Waals surface area (Å²) in [7, 11) is 0. The van der Waals surface area contributed by atoms with Crippen molar-refractivity contribution in [1.82, 2.24) is 5.32 Å². The minimum Gasteiger partial charge on any atom is -0.348 e. The van der Waals surface area contributed by atoms with E-state index in [1.807, 2.05) is 30.5 Å². The van der Waals surface area contributed by atoms with Crippen molar-refractivity contribution in [3.8, 4) is 0 Å². The fourth-order valence-electron chi connectivity index (χ4n) is 2.98. The summed E-state index contributed by atoms with van der Waals surface area (Å²) in [5, 5.41) is 3.15. The molecule has 0 aliphatic heterocycles. The van der Waals surface area contributed by atoms with E-state index in [9.17, 15) is 4.79 Å². The van der Waals surface area contributed by atoms with Crippen LogP contribution in [0, 0.1) is 5.92 Å². The van der Waals surface area contributed by atoms with Gasteiger partial charge in [-0.1, -0.05) is 31.4 Å². The third-order valence-electron chi connectivity index (χ3n) is 4.14. The summed E-state index contributed by atoms with van der Waals surface area (Å²) in [6.45, 7) is 0.526. The number of nitrogens with one attached hydrogen (secondary N) is 1. The Hall–Kier alpha value is -1.00. The summed E-state index contributed by atoms with van der Waals surface area (Å²) >= 11 is 1.60. The van der Waals surface area contributed by atoms with Gasteiger partial charge in [-0.15, -0.1) is 11.8 Å². The summed E-state index contributed by atoms with van der Waals surface area (Å²) in [6.07, 6.45) is 8.21. The van der Waals surface area contributed by atoms with Crippen molar-refractivity contribution < 1.29 is 4.79 Å². The zero-order chi connectivity index (χ0) is 14.4. The topological polar surface area (TPSA) is 55.1 Å². The predicted molar refractivity (Wildman–Crippen MR) is 85.1 cm³/mol. The maximum Gasteiger partial charge on any atom is 0.252 e. The van der Waals surface area contributed by atoms with E-state index in [2.05, 4.69) is 5.32 Å². The highest BCUT2D eigenvalue weighted by Gasteiger charge is 2.24. The molecule has 0 heterocycles. The van der Waals surface area contributed by atoms with Crippen molar-refractivity contribution in [2.75, 3.05) is 12.8 Å². The summed E-state index contributed by atoms with van der Waals surface area (Å²) < 4.78 is 0. The number of amides is 1. The van der Waals surface area contributed by atoms with E-state index in [-0.39, 0.29) is 11.9 Å². The van der Waals surface area contributed by atoms with Gasteiger partial charge in [0.15, 0.2) is 0 Å². The second-order valence-corrected chi connectivity index (χ2v) is 6.26. The van der Waals surface area contributed by atoms with E-state index >= 15 is 0 Å². The van der Waals surface area contributed by atoms with E-state index in [1.54, 1.807) is 11.8 Å². The number of thioether (sulfide) groups is 1. The van der Waals surface area contributed by atoms with Gasteiger partial charge in [0.25, 0.3) is 5.91 Å². The summed E-state index contributed by atoms with van der Waals surface area (Å²) in [5.74, 6) is 0.551. The van der Waals surface area contributed by atoms with Gasteiger partial charge in [-0.3, -0.25) is 4.79 Å². The maximum absolute atomic E-state index is 12.5. The lowest BCUT2D eigenvalue weighted by atomic mass is 9.84. The molecule has 3 N–H and O–H groups in total. The normalized spacial score (nSPS) is 17.7. The number of nitrogens with two attached hydrogens (primary N) is 1. The molecule has 1 amide bonds. The molecule has 3 nitrogen and oxygen atoms in total. The van der Waals surface area contributed by atoms with Crippen LogP contribution in [0.3, 0.4) is 0 Å². The molecule has 0 spiro atoms. The average molecular weight is 292 g/mol. The Balaban J connectivity index is 2.04. The van der Waals surface area contributed by atoms with Crippen LogP contribution in [0.25, 0.3) is 0 Å². The van der Waals surface area contributed by atoms with E-state index in [1.165, 1.54) is 32.1 Å². The molecule has 1 aliphatic rings. The number of hydrogen-bond acceptors (Lipinski definition) is 3. The van der Waals surface area contributed by atoms with E-state index in [4.69, 9.17) is 5.73 Å². The molecule has 4 heteroatoms. The quantitative estimate of drug-likeness (QED) is 0.820. The van der Waals surface area contributed by atoms with E-state index < -0.39 is 0 Å². The molecular weight excluding hydrogens is 268 g/mol. The third kappa shape index (κ3) is 3.76. The van der Waals surface area contributed by atoms with Crippen LogP contribution in [0.2, 0.25) is 0 Å². The molecule has 1 aromatic rings. The zero-order valence-corrected chi connectivity index (χ0v) is 12.9. The molecule has 0 bridgehead atoms. The monoisotopic (exact) mass is 292 g/mol. The van der Waals surface area contributed by atoms with Gasteiger partial charge < -0.3 is 11.1 Å². The average Bonchev–Trinajstić information content (AvgIpc) is 2.53. The Labute approximate surface area is 125 Å². The maximum atomic E-state index is 12.5. The van der Waals surface area contributed by atoms with Crippen LogP contribution in [0.1, 0.15) is 42.5 Å². The molecule has 1 aliphatic carbocycles. The zero-order valence-electron chi connectivity index (χ0n) is 12.1. The first-order valence-electron chi connectivity index (χ1n) is 7.40. The lowest BCUT2D eigenvalue weighted by Gasteiger charge is -2.30. The third-order valence-corrected chi connectivity index (χ3v) is 4.94. The van der Waals surface area contributed by atoms with Crippen LogP contribution in [0.5, 0.6) is 0 Å². The van der Waals surface area contributed by atoms with Gasteiger partial charge in [-0.05, 0) is 37.1 Å². The highest BCUT2D eigenvalue weighted by Crippen LogP contribution is 2.27. The second kappa shape index (κ2) is 7.70. The first kappa shape index (κ1) is 15.4. The Bertz CT molecular complexity index is 444. The van der Waals surface area contributed by atoms with Crippen LogP contribution in [0.4, 0.5) is 0 Å². The van der Waals surface area contributed by atoms with Crippen molar-refractivity contribution in [3.63, 3.8) is 0 Å². The lowest BCUT2D eigenvalue weighted by molar-refractivity contribution is 0.0912. The van der Waals surface area contributed by atoms with E-state index in [0.717, 1.165) is 10.5 Å². The predicted octanol–water partition coefficient (Wildman–Crippen LogP) is 3.05. The molecule has 110 valence electrons. The van der Waals surface area contributed by atoms with Crippen LogP contribution < -0.4 is 11.1 Å². The molecule has 1 saturated carbocycles. The number of carbonyl (C=O) groups excluding carboxylic acids is 1. The molecule has 0 saturated heterocycles. The smallest absolute Gasteiger partial charge is 0.252 e. The van der Waals surface area contributed by atoms with Crippen LogP contribution >= 0.6 is 11.8 Å². The van der Waals surface area contributed by atoms with Gasteiger partial charge in [-0.2, -0.15) is 0 Å². The summed E-state index contributed by atoms with van der Waals surface area (Å²) in [6, 6.07) is 7.85. The van der Waals surface area contributed by atoms with Crippen molar-refractivity contribution in [2.24, 2.45) is 11.7 Å². The standard InChI is InChI=1S/C16H24N2OS/c1-20-15-10-6-5-9-13(15)16(19)18-14(11-17)12-7-3-2-4-8-12/h5-6,9-10,12,14H,2-4,7-8,11,17H2,1H3,(H,18,19). The largest absolute Gasteiger partial charge is 0.348 e. The number of rotatable bonds is 5. The van der Waals surface area contributed by atoms with Crippen molar-refractivity contribution >= 4 is 17.7 Å². The first-order valence-corrected chi connectivity index (χ1v) is 8.62. The molecule has 1 unspecified atom stereocenters. The van der Waals surface area contributed by atoms with Gasteiger partial charge >= 0.3 is 0 Å². The Morgan fingerprint density at radius 1 is 1.35 bits per heavy atom. The van der Waals surface area contributed by atoms with Crippen molar-refractivity contribution in [1.29, 1.82) is 0 Å². The Morgan fingerprint density at radius 3 is 2.70 bits per heavy atom. The molecule has 1 aromatic carbocycles. The van der Waals surface area contributed by atoms with Gasteiger partial charge in [0, 0.05) is 17.5 Å². The highest BCUT2D eigenvalue weighted by atomic mass is 32.2. The molecular formula is C16H24N2OS. The molecule has 20 heavy (non-hydrogen) atoms. The molecule has 2 rings (SSSR count). The van der Waals surface area contributed by atoms with Gasteiger partial charge in [0.05, 0.1) is 5.56 Å². The summed E-state index contributed by atoms with van der Waals surface area (Å²) in [5.41, 5.74) is 6.64. The van der Waals surface area contributed by atoms with Crippen molar-refractivity contribution in [2.45, 2.75) is 43.0 Å². The van der Waals surface area contributed by atoms with Crippen LogP contribution in [-0.2, 0) is 0 Å². The second-order valence-electron chi connectivity index (χ2n) is 5.41. The number of hydrogen-bond donors (Lipinski definition) is 2. The van der Waals surface area contributed by atoms with Crippen LogP contribution in [-0.4, -0.2) is 24.7 Å². The lowest BCUT2D eigenvalue weighted by Crippen LogP contribution is -2.46. The summed E-state index contributed by atoms with van der Waals surface area (Å²) in [4.78, 5) is 13.5. The molecule has 1 atom stereocenters. The highest BCUT2D eigenvalue weighted by molar-refractivity contribution is 7.98. The fraction of sp³-hybridized carbons (Fsp3) is 0.562. The van der Waals surface area contributed by atoms with Gasteiger partial charge in [-0.25, -0.2) is 0 Å². The molecule has 0 radical (unpaired) electrons. The first-order chi connectivity index (χ1) is 9.76. The van der Waals surface area contributed by atoms with Crippen molar-refractivity contribution in [3.05, 3.63) is 29.8 Å². The number of carbonyl (C=O) groups is 1. The Morgan fingerprint density at radius 2 is 2.05 bits per heavy atom. The molecule has 1 fully saturated rings. The SMILES string of the molecule is CSc1ccccc1C(=O)NC(CN)C1CCCCC1. The fourth-order valence-corrected chi connectivity index (χ4v) is 3.58. The minimum atomic E-state index is 0.0102. The molecule has 0 aromatic heterocycles.